The van der Waals surface area contributed by atoms with Crippen molar-refractivity contribution in [2.75, 3.05) is 0 Å². The van der Waals surface area contributed by atoms with Crippen LogP contribution in [-0.2, 0) is 21.1 Å². The predicted octanol–water partition coefficient (Wildman–Crippen LogP) is 2.33. The molecule has 0 N–H and O–H groups in total. The first-order chi connectivity index (χ1) is 9.10. The molecule has 1 aliphatic carbocycles. The Balaban J connectivity index is 2.15. The van der Waals surface area contributed by atoms with Gasteiger partial charge in [0.15, 0.2) is 15.6 Å². The summed E-state index contributed by atoms with van der Waals surface area (Å²) in [5.41, 5.74) is 1.44. The number of ketones is 1. The van der Waals surface area contributed by atoms with E-state index in [0.29, 0.717) is 5.56 Å². The Morgan fingerprint density at radius 2 is 1.53 bits per heavy atom. The average Bonchev–Trinajstić information content (AvgIpc) is 2.76. The van der Waals surface area contributed by atoms with E-state index < -0.39 is 15.1 Å². The molecule has 0 saturated carbocycles. The number of hydrogen-bond acceptors (Lipinski definition) is 3. The van der Waals surface area contributed by atoms with Gasteiger partial charge in [-0.15, -0.1) is 0 Å². The van der Waals surface area contributed by atoms with Gasteiger partial charge < -0.3 is 0 Å². The number of Topliss-reactive ketones (excluding diaryl/α,β-unsaturated/α-hetero) is 1. The molecule has 0 aromatic heterocycles. The third-order valence-corrected chi connectivity index (χ3v) is 5.44. The second-order valence-corrected chi connectivity index (χ2v) is 6.61. The smallest absolute Gasteiger partial charge is 0.192 e. The van der Waals surface area contributed by atoms with Crippen LogP contribution in [0.4, 0.5) is 0 Å². The van der Waals surface area contributed by atoms with Gasteiger partial charge in [0.1, 0.15) is 5.25 Å². The topological polar surface area (TPSA) is 51.2 Å². The van der Waals surface area contributed by atoms with Gasteiger partial charge in [0.2, 0.25) is 0 Å². The maximum Gasteiger partial charge on any atom is 0.192 e. The largest absolute Gasteiger partial charge is 0.297 e. The molecule has 4 heteroatoms. The number of hydrogen-bond donors (Lipinski definition) is 0. The lowest BCUT2D eigenvalue weighted by Gasteiger charge is -2.11. The van der Waals surface area contributed by atoms with E-state index in [1.54, 1.807) is 30.3 Å². The van der Waals surface area contributed by atoms with Crippen LogP contribution in [0.3, 0.4) is 0 Å². The lowest BCUT2D eigenvalue weighted by Crippen LogP contribution is -2.18. The number of benzene rings is 2. The van der Waals surface area contributed by atoms with Crippen LogP contribution in [0, 0.1) is 0 Å². The van der Waals surface area contributed by atoms with E-state index in [-0.39, 0.29) is 17.1 Å². The quantitative estimate of drug-likeness (QED) is 0.843. The molecule has 0 radical (unpaired) electrons. The Labute approximate surface area is 111 Å². The standard InChI is InChI=1S/C15H12O3S/c16-14-10-11-6-4-5-9-13(11)15(14)19(17,18)12-7-2-1-3-8-12/h1-9,15H,10H2. The molecule has 0 spiro atoms. The molecule has 0 fully saturated rings. The van der Waals surface area contributed by atoms with Crippen molar-refractivity contribution in [1.82, 2.24) is 0 Å². The van der Waals surface area contributed by atoms with Gasteiger partial charge >= 0.3 is 0 Å². The first-order valence-corrected chi connectivity index (χ1v) is 7.55. The SMILES string of the molecule is O=C1Cc2ccccc2C1S(=O)(=O)c1ccccc1. The number of sulfone groups is 1. The zero-order valence-corrected chi connectivity index (χ0v) is 10.9. The van der Waals surface area contributed by atoms with Gasteiger partial charge in [-0.1, -0.05) is 42.5 Å². The van der Waals surface area contributed by atoms with Gasteiger partial charge in [-0.3, -0.25) is 4.79 Å². The minimum absolute atomic E-state index is 0.199. The monoisotopic (exact) mass is 272 g/mol. The van der Waals surface area contributed by atoms with Crippen molar-refractivity contribution in [2.45, 2.75) is 16.6 Å². The van der Waals surface area contributed by atoms with Gasteiger partial charge in [0, 0.05) is 6.42 Å². The van der Waals surface area contributed by atoms with E-state index in [1.807, 2.05) is 12.1 Å². The fourth-order valence-corrected chi connectivity index (χ4v) is 4.29. The first kappa shape index (κ1) is 12.1. The van der Waals surface area contributed by atoms with Crippen molar-refractivity contribution < 1.29 is 13.2 Å². The fraction of sp³-hybridized carbons (Fsp3) is 0.133. The molecule has 0 heterocycles. The Bertz CT molecular complexity index is 733. The predicted molar refractivity (Wildman–Crippen MR) is 71.5 cm³/mol. The van der Waals surface area contributed by atoms with Crippen molar-refractivity contribution in [3.63, 3.8) is 0 Å². The van der Waals surface area contributed by atoms with E-state index in [1.165, 1.54) is 12.1 Å². The molecule has 96 valence electrons. The molecular weight excluding hydrogens is 260 g/mol. The molecule has 0 saturated heterocycles. The van der Waals surface area contributed by atoms with E-state index in [4.69, 9.17) is 0 Å². The van der Waals surface area contributed by atoms with Crippen molar-refractivity contribution in [1.29, 1.82) is 0 Å². The summed E-state index contributed by atoms with van der Waals surface area (Å²) in [4.78, 5) is 12.3. The van der Waals surface area contributed by atoms with Crippen molar-refractivity contribution in [3.05, 3.63) is 65.7 Å². The normalized spacial score (nSPS) is 18.3. The molecule has 3 rings (SSSR count). The molecular formula is C15H12O3S. The molecule has 1 unspecified atom stereocenters. The number of rotatable bonds is 2. The summed E-state index contributed by atoms with van der Waals surface area (Å²) in [6.07, 6.45) is 0.201. The fourth-order valence-electron chi connectivity index (χ4n) is 2.49. The molecule has 1 aliphatic rings. The van der Waals surface area contributed by atoms with Crippen molar-refractivity contribution in [3.8, 4) is 0 Å². The summed E-state index contributed by atoms with van der Waals surface area (Å²) < 4.78 is 25.2. The van der Waals surface area contributed by atoms with Crippen LogP contribution in [0.5, 0.6) is 0 Å². The number of carbonyl (C=O) groups excluding carboxylic acids is 1. The highest BCUT2D eigenvalue weighted by Crippen LogP contribution is 2.37. The molecule has 2 aromatic carbocycles. The Kier molecular flexibility index (Phi) is 2.75. The van der Waals surface area contributed by atoms with Crippen LogP contribution in [0.25, 0.3) is 0 Å². The summed E-state index contributed by atoms with van der Waals surface area (Å²) >= 11 is 0. The van der Waals surface area contributed by atoms with Gasteiger partial charge in [0.25, 0.3) is 0 Å². The van der Waals surface area contributed by atoms with Crippen LogP contribution in [0.1, 0.15) is 16.4 Å². The van der Waals surface area contributed by atoms with Gasteiger partial charge in [-0.05, 0) is 23.3 Å². The van der Waals surface area contributed by atoms with Gasteiger partial charge in [-0.2, -0.15) is 0 Å². The first-order valence-electron chi connectivity index (χ1n) is 6.00. The van der Waals surface area contributed by atoms with E-state index in [0.717, 1.165) is 5.56 Å². The molecule has 2 aromatic rings. The lowest BCUT2D eigenvalue weighted by atomic mass is 10.1. The second kappa shape index (κ2) is 4.31. The number of fused-ring (bicyclic) bond motifs is 1. The summed E-state index contributed by atoms with van der Waals surface area (Å²) in [6, 6.07) is 15.3. The molecule has 1 atom stereocenters. The van der Waals surface area contributed by atoms with E-state index in [9.17, 15) is 13.2 Å². The highest BCUT2D eigenvalue weighted by Gasteiger charge is 2.40. The zero-order chi connectivity index (χ0) is 13.5. The number of carbonyl (C=O) groups is 1. The molecule has 0 aliphatic heterocycles. The highest BCUT2D eigenvalue weighted by atomic mass is 32.2. The zero-order valence-electron chi connectivity index (χ0n) is 10.1. The summed E-state index contributed by atoms with van der Waals surface area (Å²) in [5.74, 6) is -0.245. The highest BCUT2D eigenvalue weighted by molar-refractivity contribution is 7.92. The van der Waals surface area contributed by atoms with Crippen molar-refractivity contribution >= 4 is 15.6 Å². The van der Waals surface area contributed by atoms with Crippen LogP contribution >= 0.6 is 0 Å². The second-order valence-electron chi connectivity index (χ2n) is 4.58. The summed E-state index contributed by atoms with van der Waals surface area (Å²) in [5, 5.41) is -1.05. The van der Waals surface area contributed by atoms with E-state index in [2.05, 4.69) is 0 Å². The molecule has 0 bridgehead atoms. The Hall–Kier alpha value is -1.94. The minimum atomic E-state index is -3.65. The molecule has 3 nitrogen and oxygen atoms in total. The Morgan fingerprint density at radius 1 is 0.895 bits per heavy atom. The Morgan fingerprint density at radius 3 is 2.26 bits per heavy atom. The van der Waals surface area contributed by atoms with Crippen molar-refractivity contribution in [2.24, 2.45) is 0 Å². The maximum atomic E-state index is 12.6. The van der Waals surface area contributed by atoms with Crippen LogP contribution < -0.4 is 0 Å². The summed E-state index contributed by atoms with van der Waals surface area (Å²) in [7, 11) is -3.65. The molecule has 19 heavy (non-hydrogen) atoms. The minimum Gasteiger partial charge on any atom is -0.297 e. The summed E-state index contributed by atoms with van der Waals surface area (Å²) in [6.45, 7) is 0. The van der Waals surface area contributed by atoms with Crippen LogP contribution in [0.2, 0.25) is 0 Å². The van der Waals surface area contributed by atoms with E-state index >= 15 is 0 Å². The maximum absolute atomic E-state index is 12.6. The van der Waals surface area contributed by atoms with Crippen LogP contribution in [0.15, 0.2) is 59.5 Å². The van der Waals surface area contributed by atoms with Gasteiger partial charge in [-0.25, -0.2) is 8.42 Å². The average molecular weight is 272 g/mol. The third-order valence-electron chi connectivity index (χ3n) is 3.38. The molecule has 0 amide bonds. The van der Waals surface area contributed by atoms with Gasteiger partial charge in [0.05, 0.1) is 4.90 Å². The third kappa shape index (κ3) is 1.88. The lowest BCUT2D eigenvalue weighted by molar-refractivity contribution is -0.117. The van der Waals surface area contributed by atoms with Crippen LogP contribution in [-0.4, -0.2) is 14.2 Å².